The molecule has 84 heavy (non-hydrogen) atoms. The Morgan fingerprint density at radius 1 is 0.262 bits per heavy atom. The van der Waals surface area contributed by atoms with Crippen molar-refractivity contribution in [1.29, 1.82) is 0 Å². The summed E-state index contributed by atoms with van der Waals surface area (Å²) in [6.45, 7) is 41.8. The topological polar surface area (TPSA) is 8.17 Å². The molecule has 0 atom stereocenters. The van der Waals surface area contributed by atoms with E-state index in [1.165, 1.54) is 127 Å². The molecule has 0 fully saturated rings. The molecule has 0 unspecified atom stereocenters. The Morgan fingerprint density at radius 3 is 1.12 bits per heavy atom. The number of hydrogen-bond acceptors (Lipinski definition) is 1. The Morgan fingerprint density at radius 2 is 0.655 bits per heavy atom. The molecule has 0 spiro atoms. The summed E-state index contributed by atoms with van der Waals surface area (Å²) >= 11 is 0. The van der Waals surface area contributed by atoms with E-state index in [0.717, 1.165) is 17.1 Å². The molecule has 0 N–H and O–H groups in total. The van der Waals surface area contributed by atoms with Crippen LogP contribution in [0, 0.1) is 0 Å². The molecular formula is C82H86N2. The Labute approximate surface area is 501 Å². The highest BCUT2D eigenvalue weighted by molar-refractivity contribution is 6.27. The van der Waals surface area contributed by atoms with Crippen LogP contribution in [-0.2, 0) is 32.5 Å². The van der Waals surface area contributed by atoms with E-state index in [0.29, 0.717) is 0 Å². The standard InChI is InChI=1S/C82H86N2/c1-77(2,3)59-32-40-73-69(49-59)70-50-60(78(4,5)6)33-41-74(70)84(73)72-39-31-55-28-36-67-71(38-30-54-29-37-68(72)76(55)75(54)67)83(66-21-19-20-56(46-66)58-44-63(81(13,14)15)48-64(45-58)82(16,17)18)65-34-26-52(27-35-65)51-22-24-53(25-23-51)57-42-61(79(7,8)9)47-62(43-57)80(10,11)12/h19-50H,1-18H3. The van der Waals surface area contributed by atoms with Crippen LogP contribution in [0.2, 0.25) is 0 Å². The lowest BCUT2D eigenvalue weighted by Gasteiger charge is -2.29. The molecular weight excluding hydrogens is 1010 g/mol. The van der Waals surface area contributed by atoms with E-state index in [1.54, 1.807) is 0 Å². The van der Waals surface area contributed by atoms with Crippen molar-refractivity contribution in [3.05, 3.63) is 228 Å². The van der Waals surface area contributed by atoms with Crippen molar-refractivity contribution >= 4 is 71.2 Å². The van der Waals surface area contributed by atoms with Crippen LogP contribution < -0.4 is 4.90 Å². The summed E-state index contributed by atoms with van der Waals surface area (Å²) in [7, 11) is 0. The first-order chi connectivity index (χ1) is 39.4. The fourth-order valence-corrected chi connectivity index (χ4v) is 12.6. The molecule has 0 radical (unpaired) electrons. The van der Waals surface area contributed by atoms with Gasteiger partial charge in [0, 0.05) is 32.9 Å². The number of aromatic nitrogens is 1. The van der Waals surface area contributed by atoms with Gasteiger partial charge >= 0.3 is 0 Å². The van der Waals surface area contributed by atoms with Gasteiger partial charge < -0.3 is 9.47 Å². The van der Waals surface area contributed by atoms with Crippen molar-refractivity contribution in [2.45, 2.75) is 157 Å². The largest absolute Gasteiger partial charge is 0.310 e. The van der Waals surface area contributed by atoms with E-state index in [9.17, 15) is 0 Å². The summed E-state index contributed by atoms with van der Waals surface area (Å²) in [5, 5.41) is 10.1. The average molecular weight is 1100 g/mol. The first kappa shape index (κ1) is 56.5. The summed E-state index contributed by atoms with van der Waals surface area (Å²) in [5.74, 6) is 0. The molecule has 0 aliphatic carbocycles. The maximum absolute atomic E-state index is 2.54. The van der Waals surface area contributed by atoms with E-state index in [2.05, 4.69) is 328 Å². The lowest BCUT2D eigenvalue weighted by molar-refractivity contribution is 0.568. The highest BCUT2D eigenvalue weighted by Gasteiger charge is 2.27. The van der Waals surface area contributed by atoms with Gasteiger partial charge in [-0.3, -0.25) is 0 Å². The van der Waals surface area contributed by atoms with E-state index in [-0.39, 0.29) is 32.5 Å². The normalized spacial score (nSPS) is 13.1. The summed E-state index contributed by atoms with van der Waals surface area (Å²) in [5.41, 5.74) is 22.6. The van der Waals surface area contributed by atoms with Crippen LogP contribution in [0.1, 0.15) is 158 Å². The Bertz CT molecular complexity index is 4360. The summed E-state index contributed by atoms with van der Waals surface area (Å²) < 4.78 is 2.54. The zero-order chi connectivity index (χ0) is 59.8. The van der Waals surface area contributed by atoms with Gasteiger partial charge in [-0.2, -0.15) is 0 Å². The van der Waals surface area contributed by atoms with Crippen molar-refractivity contribution < 1.29 is 0 Å². The van der Waals surface area contributed by atoms with Crippen LogP contribution in [0.4, 0.5) is 17.1 Å². The molecule has 12 aromatic rings. The van der Waals surface area contributed by atoms with E-state index < -0.39 is 0 Å². The van der Waals surface area contributed by atoms with Gasteiger partial charge in [-0.05, 0) is 181 Å². The highest BCUT2D eigenvalue weighted by atomic mass is 15.1. The number of rotatable bonds is 7. The van der Waals surface area contributed by atoms with E-state index >= 15 is 0 Å². The van der Waals surface area contributed by atoms with Crippen LogP contribution in [0.15, 0.2) is 194 Å². The van der Waals surface area contributed by atoms with E-state index in [4.69, 9.17) is 0 Å². The molecule has 1 heterocycles. The second-order valence-electron chi connectivity index (χ2n) is 30.5. The second-order valence-corrected chi connectivity index (χ2v) is 30.5. The zero-order valence-electron chi connectivity index (χ0n) is 53.4. The first-order valence-corrected chi connectivity index (χ1v) is 30.6. The van der Waals surface area contributed by atoms with Crippen LogP contribution in [0.3, 0.4) is 0 Å². The fraction of sp³-hybridized carbons (Fsp3) is 0.293. The third-order valence-electron chi connectivity index (χ3n) is 18.0. The Hall–Kier alpha value is -7.94. The molecule has 1 aromatic heterocycles. The number of fused-ring (bicyclic) bond motifs is 3. The van der Waals surface area contributed by atoms with Gasteiger partial charge in [0.15, 0.2) is 0 Å². The molecule has 0 aliphatic rings. The second kappa shape index (κ2) is 19.8. The van der Waals surface area contributed by atoms with Crippen molar-refractivity contribution in [1.82, 2.24) is 4.57 Å². The SMILES string of the molecule is CC(C)(C)c1cc(-c2ccc(-c3ccc(N(c4cccc(-c5cc(C(C)(C)C)cc(C(C)(C)C)c5)c4)c4ccc5ccc6c(-n7c8ccc(C(C)(C)C)cc8c8cc(C(C)(C)C)ccc87)ccc7ccc4c5c76)cc3)cc2)cc(C(C)(C)C)c1. The van der Waals surface area contributed by atoms with Gasteiger partial charge in [0.1, 0.15) is 0 Å². The number of anilines is 3. The molecule has 0 saturated heterocycles. The minimum absolute atomic E-state index is 0.0104. The third kappa shape index (κ3) is 10.3. The summed E-state index contributed by atoms with van der Waals surface area (Å²) in [6, 6.07) is 75.4. The molecule has 2 nitrogen and oxygen atoms in total. The van der Waals surface area contributed by atoms with Gasteiger partial charge in [0.25, 0.3) is 0 Å². The van der Waals surface area contributed by atoms with Crippen LogP contribution in [0.25, 0.3) is 93.2 Å². The lowest BCUT2D eigenvalue weighted by Crippen LogP contribution is -2.16. The molecule has 0 bridgehead atoms. The third-order valence-corrected chi connectivity index (χ3v) is 18.0. The maximum Gasteiger partial charge on any atom is 0.0541 e. The smallest absolute Gasteiger partial charge is 0.0541 e. The zero-order valence-corrected chi connectivity index (χ0v) is 53.4. The number of benzene rings is 11. The lowest BCUT2D eigenvalue weighted by atomic mass is 9.79. The van der Waals surface area contributed by atoms with Gasteiger partial charge in [-0.15, -0.1) is 0 Å². The highest BCUT2D eigenvalue weighted by Crippen LogP contribution is 2.48. The van der Waals surface area contributed by atoms with Gasteiger partial charge in [0.2, 0.25) is 0 Å². The fourth-order valence-electron chi connectivity index (χ4n) is 12.6. The quantitative estimate of drug-likeness (QED) is 0.144. The number of hydrogen-bond donors (Lipinski definition) is 0. The molecule has 0 amide bonds. The molecule has 0 aliphatic heterocycles. The monoisotopic (exact) mass is 1100 g/mol. The van der Waals surface area contributed by atoms with E-state index in [1.807, 2.05) is 0 Å². The Kier molecular flexibility index (Phi) is 13.4. The average Bonchev–Trinajstić information content (AvgIpc) is 1.32. The van der Waals surface area contributed by atoms with Crippen molar-refractivity contribution in [2.75, 3.05) is 4.90 Å². The minimum Gasteiger partial charge on any atom is -0.310 e. The van der Waals surface area contributed by atoms with Crippen molar-refractivity contribution in [2.24, 2.45) is 0 Å². The van der Waals surface area contributed by atoms with Crippen molar-refractivity contribution in [3.8, 4) is 39.1 Å². The molecule has 12 rings (SSSR count). The minimum atomic E-state index is -0.0104. The molecule has 11 aromatic carbocycles. The molecule has 424 valence electrons. The summed E-state index contributed by atoms with van der Waals surface area (Å²) in [4.78, 5) is 2.50. The Balaban J connectivity index is 1.03. The van der Waals surface area contributed by atoms with Crippen LogP contribution >= 0.6 is 0 Å². The van der Waals surface area contributed by atoms with Crippen molar-refractivity contribution in [3.63, 3.8) is 0 Å². The van der Waals surface area contributed by atoms with Crippen LogP contribution in [-0.4, -0.2) is 4.57 Å². The van der Waals surface area contributed by atoms with Gasteiger partial charge in [-0.1, -0.05) is 258 Å². The van der Waals surface area contributed by atoms with Gasteiger partial charge in [0.05, 0.1) is 22.4 Å². The first-order valence-electron chi connectivity index (χ1n) is 30.6. The maximum atomic E-state index is 2.54. The predicted molar refractivity (Wildman–Crippen MR) is 368 cm³/mol. The molecule has 2 heteroatoms. The summed E-state index contributed by atoms with van der Waals surface area (Å²) in [6.07, 6.45) is 0. The van der Waals surface area contributed by atoms with Gasteiger partial charge in [-0.25, -0.2) is 0 Å². The molecule has 0 saturated carbocycles. The predicted octanol–water partition coefficient (Wildman–Crippen LogP) is 23.9. The van der Waals surface area contributed by atoms with Crippen LogP contribution in [0.5, 0.6) is 0 Å². The number of nitrogens with zero attached hydrogens (tertiary/aromatic N) is 2.